The van der Waals surface area contributed by atoms with Crippen LogP contribution in [0.15, 0.2) is 41.0 Å². The van der Waals surface area contributed by atoms with Crippen molar-refractivity contribution in [2.75, 3.05) is 14.2 Å². The molecule has 0 aliphatic heterocycles. The summed E-state index contributed by atoms with van der Waals surface area (Å²) in [5.74, 6) is 0.538. The van der Waals surface area contributed by atoms with Crippen LogP contribution in [0.2, 0.25) is 5.02 Å². The maximum absolute atomic E-state index is 12.3. The van der Waals surface area contributed by atoms with E-state index in [9.17, 15) is 4.79 Å². The molecule has 0 radical (unpaired) electrons. The summed E-state index contributed by atoms with van der Waals surface area (Å²) in [5.41, 5.74) is 1.23. The van der Waals surface area contributed by atoms with Crippen LogP contribution in [0, 0.1) is 0 Å². The molecule has 2 aromatic rings. The van der Waals surface area contributed by atoms with Gasteiger partial charge in [-0.1, -0.05) is 27.5 Å². The monoisotopic (exact) mass is 368 g/mol. The molecule has 0 N–H and O–H groups in total. The van der Waals surface area contributed by atoms with Crippen molar-refractivity contribution in [1.82, 2.24) is 9.88 Å². The maximum Gasteiger partial charge on any atom is 0.272 e. The van der Waals surface area contributed by atoms with Crippen LogP contribution in [-0.4, -0.2) is 29.9 Å². The van der Waals surface area contributed by atoms with Crippen LogP contribution >= 0.6 is 27.5 Å². The van der Waals surface area contributed by atoms with Crippen molar-refractivity contribution in [2.45, 2.75) is 6.54 Å². The summed E-state index contributed by atoms with van der Waals surface area (Å²) in [6.45, 7) is 0.412. The maximum atomic E-state index is 12.3. The Morgan fingerprint density at radius 3 is 2.81 bits per heavy atom. The summed E-state index contributed by atoms with van der Waals surface area (Å²) in [7, 11) is 3.32. The third-order valence-electron chi connectivity index (χ3n) is 2.94. The van der Waals surface area contributed by atoms with Gasteiger partial charge in [0.15, 0.2) is 0 Å². The molecule has 1 aromatic carbocycles. The van der Waals surface area contributed by atoms with Crippen LogP contribution in [0.1, 0.15) is 16.1 Å². The number of pyridine rings is 1. The Balaban J connectivity index is 2.19. The first-order valence-electron chi connectivity index (χ1n) is 6.20. The largest absolute Gasteiger partial charge is 0.496 e. The number of carbonyl (C=O) groups excluding carboxylic acids is 1. The highest BCUT2D eigenvalue weighted by Crippen LogP contribution is 2.24. The molecule has 1 aromatic heterocycles. The number of amides is 1. The van der Waals surface area contributed by atoms with Gasteiger partial charge in [-0.2, -0.15) is 0 Å². The highest BCUT2D eigenvalue weighted by Gasteiger charge is 2.15. The van der Waals surface area contributed by atoms with Crippen molar-refractivity contribution in [2.24, 2.45) is 0 Å². The van der Waals surface area contributed by atoms with Crippen LogP contribution < -0.4 is 4.74 Å². The Hall–Kier alpha value is -1.59. The van der Waals surface area contributed by atoms with Crippen molar-refractivity contribution in [3.05, 3.63) is 57.3 Å². The minimum atomic E-state index is -0.195. The van der Waals surface area contributed by atoms with Crippen molar-refractivity contribution in [1.29, 1.82) is 0 Å². The molecule has 2 rings (SSSR count). The molecule has 6 heteroatoms. The van der Waals surface area contributed by atoms with Gasteiger partial charge in [-0.3, -0.25) is 9.78 Å². The number of ether oxygens (including phenoxy) is 1. The van der Waals surface area contributed by atoms with Crippen LogP contribution in [0.3, 0.4) is 0 Å². The van der Waals surface area contributed by atoms with Gasteiger partial charge < -0.3 is 9.64 Å². The molecule has 21 heavy (non-hydrogen) atoms. The number of hydrogen-bond acceptors (Lipinski definition) is 3. The predicted octanol–water partition coefficient (Wildman–Crippen LogP) is 3.78. The quantitative estimate of drug-likeness (QED) is 0.824. The molecule has 0 fully saturated rings. The van der Waals surface area contributed by atoms with Gasteiger partial charge in [-0.15, -0.1) is 0 Å². The number of nitrogens with zero attached hydrogens (tertiary/aromatic N) is 2. The van der Waals surface area contributed by atoms with Gasteiger partial charge in [0.1, 0.15) is 11.4 Å². The number of aromatic nitrogens is 1. The Bertz CT molecular complexity index is 664. The minimum Gasteiger partial charge on any atom is -0.496 e. The second-order valence-electron chi connectivity index (χ2n) is 4.48. The molecule has 4 nitrogen and oxygen atoms in total. The van der Waals surface area contributed by atoms with E-state index in [4.69, 9.17) is 16.3 Å². The smallest absolute Gasteiger partial charge is 0.272 e. The molecule has 1 amide bonds. The van der Waals surface area contributed by atoms with Crippen molar-refractivity contribution < 1.29 is 9.53 Å². The van der Waals surface area contributed by atoms with Crippen LogP contribution in [0.25, 0.3) is 0 Å². The topological polar surface area (TPSA) is 42.4 Å². The van der Waals surface area contributed by atoms with Crippen LogP contribution in [0.4, 0.5) is 0 Å². The lowest BCUT2D eigenvalue weighted by molar-refractivity contribution is 0.0778. The molecule has 0 aliphatic carbocycles. The molecule has 0 bridgehead atoms. The van der Waals surface area contributed by atoms with E-state index < -0.39 is 0 Å². The van der Waals surface area contributed by atoms with E-state index in [-0.39, 0.29) is 5.91 Å². The minimum absolute atomic E-state index is 0.195. The molecular formula is C15H14BrClN2O2. The number of carbonyl (C=O) groups is 1. The third kappa shape index (κ3) is 3.95. The van der Waals surface area contributed by atoms with E-state index in [0.29, 0.717) is 17.3 Å². The fourth-order valence-corrected chi connectivity index (χ4v) is 2.48. The van der Waals surface area contributed by atoms with E-state index in [1.807, 2.05) is 18.2 Å². The molecule has 0 unspecified atom stereocenters. The van der Waals surface area contributed by atoms with Gasteiger partial charge in [0, 0.05) is 34.8 Å². The van der Waals surface area contributed by atoms with Gasteiger partial charge >= 0.3 is 0 Å². The van der Waals surface area contributed by atoms with Crippen molar-refractivity contribution in [3.8, 4) is 5.75 Å². The summed E-state index contributed by atoms with van der Waals surface area (Å²) < 4.78 is 6.24. The van der Waals surface area contributed by atoms with Gasteiger partial charge in [-0.05, 0) is 30.3 Å². The Morgan fingerprint density at radius 2 is 2.14 bits per heavy atom. The Morgan fingerprint density at radius 1 is 1.38 bits per heavy atom. The molecule has 110 valence electrons. The molecule has 0 atom stereocenters. The van der Waals surface area contributed by atoms with Crippen LogP contribution in [-0.2, 0) is 6.54 Å². The summed E-state index contributed by atoms with van der Waals surface area (Å²) in [5, 5.41) is 0.488. The fourth-order valence-electron chi connectivity index (χ4n) is 1.92. The average Bonchev–Trinajstić information content (AvgIpc) is 2.46. The van der Waals surface area contributed by atoms with Crippen molar-refractivity contribution in [3.63, 3.8) is 0 Å². The van der Waals surface area contributed by atoms with E-state index >= 15 is 0 Å². The first kappa shape index (κ1) is 15.8. The fraction of sp³-hybridized carbons (Fsp3) is 0.200. The van der Waals surface area contributed by atoms with Gasteiger partial charge in [0.25, 0.3) is 5.91 Å². The zero-order valence-corrected chi connectivity index (χ0v) is 14.0. The van der Waals surface area contributed by atoms with Gasteiger partial charge in [-0.25, -0.2) is 0 Å². The van der Waals surface area contributed by atoms with E-state index in [0.717, 1.165) is 15.8 Å². The highest BCUT2D eigenvalue weighted by atomic mass is 79.9. The first-order chi connectivity index (χ1) is 10.0. The summed E-state index contributed by atoms with van der Waals surface area (Å²) in [4.78, 5) is 18.0. The number of methoxy groups -OCH3 is 1. The average molecular weight is 370 g/mol. The highest BCUT2D eigenvalue weighted by molar-refractivity contribution is 9.10. The third-order valence-corrected chi connectivity index (χ3v) is 3.67. The predicted molar refractivity (Wildman–Crippen MR) is 85.7 cm³/mol. The summed E-state index contributed by atoms with van der Waals surface area (Å²) >= 11 is 9.30. The molecule has 0 aliphatic rings. The zero-order valence-electron chi connectivity index (χ0n) is 11.6. The number of benzene rings is 1. The summed E-state index contributed by atoms with van der Waals surface area (Å²) in [6, 6.07) is 8.86. The number of hydrogen-bond donors (Lipinski definition) is 0. The molecule has 1 heterocycles. The van der Waals surface area contributed by atoms with E-state index in [2.05, 4.69) is 20.9 Å². The second-order valence-corrected chi connectivity index (χ2v) is 5.83. The standard InChI is InChI=1S/C15H14BrClN2O2/c1-19(15(20)13-8-12(17)5-6-18-13)9-10-7-11(16)3-4-14(10)21-2/h3-8H,9H2,1-2H3. The molecular weight excluding hydrogens is 356 g/mol. The Kier molecular flexibility index (Phi) is 5.20. The zero-order chi connectivity index (χ0) is 15.4. The molecule has 0 saturated carbocycles. The number of halogens is 2. The van der Waals surface area contributed by atoms with E-state index in [1.54, 1.807) is 31.2 Å². The SMILES string of the molecule is COc1ccc(Br)cc1CN(C)C(=O)c1cc(Cl)ccn1. The van der Waals surface area contributed by atoms with E-state index in [1.165, 1.54) is 6.20 Å². The first-order valence-corrected chi connectivity index (χ1v) is 7.38. The Labute approximate surface area is 136 Å². The lowest BCUT2D eigenvalue weighted by atomic mass is 10.2. The molecule has 0 saturated heterocycles. The molecule has 0 spiro atoms. The summed E-state index contributed by atoms with van der Waals surface area (Å²) in [6.07, 6.45) is 1.52. The van der Waals surface area contributed by atoms with Gasteiger partial charge in [0.2, 0.25) is 0 Å². The normalized spacial score (nSPS) is 10.3. The number of rotatable bonds is 4. The second kappa shape index (κ2) is 6.91. The lowest BCUT2D eigenvalue weighted by Gasteiger charge is -2.18. The van der Waals surface area contributed by atoms with Gasteiger partial charge in [0.05, 0.1) is 7.11 Å². The van der Waals surface area contributed by atoms with Crippen molar-refractivity contribution >= 4 is 33.4 Å². The lowest BCUT2D eigenvalue weighted by Crippen LogP contribution is -2.27. The van der Waals surface area contributed by atoms with Crippen LogP contribution in [0.5, 0.6) is 5.75 Å².